The van der Waals surface area contributed by atoms with Crippen LogP contribution in [0, 0.1) is 0 Å². The highest BCUT2D eigenvalue weighted by Crippen LogP contribution is 2.26. The molecule has 2 aromatic carbocycles. The predicted octanol–water partition coefficient (Wildman–Crippen LogP) is 3.44. The molecule has 0 heterocycles. The van der Waals surface area contributed by atoms with Gasteiger partial charge in [-0.15, -0.1) is 0 Å². The van der Waals surface area contributed by atoms with Crippen molar-refractivity contribution in [3.8, 4) is 5.75 Å². The number of esters is 1. The van der Waals surface area contributed by atoms with E-state index in [-0.39, 0.29) is 16.5 Å². The van der Waals surface area contributed by atoms with Crippen molar-refractivity contribution in [3.05, 3.63) is 54.1 Å². The fourth-order valence-corrected chi connectivity index (χ4v) is 5.10. The number of sulfonamides is 1. The van der Waals surface area contributed by atoms with E-state index in [1.54, 1.807) is 31.3 Å². The average Bonchev–Trinajstić information content (AvgIpc) is 2.82. The zero-order chi connectivity index (χ0) is 23.1. The van der Waals surface area contributed by atoms with E-state index in [4.69, 9.17) is 9.47 Å². The monoisotopic (exact) mass is 460 g/mol. The Hall–Kier alpha value is -2.91. The zero-order valence-electron chi connectivity index (χ0n) is 18.2. The van der Waals surface area contributed by atoms with Crippen molar-refractivity contribution >= 4 is 27.6 Å². The Bertz CT molecular complexity index is 1050. The highest BCUT2D eigenvalue weighted by molar-refractivity contribution is 7.89. The van der Waals surface area contributed by atoms with Crippen molar-refractivity contribution in [1.82, 2.24) is 4.31 Å². The van der Waals surface area contributed by atoms with Gasteiger partial charge in [0.2, 0.25) is 10.0 Å². The van der Waals surface area contributed by atoms with Crippen LogP contribution < -0.4 is 10.1 Å². The summed E-state index contributed by atoms with van der Waals surface area (Å²) < 4.78 is 37.4. The first-order valence-corrected chi connectivity index (χ1v) is 11.9. The first-order chi connectivity index (χ1) is 15.3. The second kappa shape index (κ2) is 10.6. The number of carbonyl (C=O) groups is 2. The number of amides is 1. The SMILES string of the molecule is COc1cccc(NC(=O)COC(=O)c2ccc(S(=O)(=O)N(C)C3CCCCC3)cc2)c1. The van der Waals surface area contributed by atoms with Gasteiger partial charge >= 0.3 is 5.97 Å². The van der Waals surface area contributed by atoms with E-state index >= 15 is 0 Å². The number of methoxy groups -OCH3 is 1. The van der Waals surface area contributed by atoms with Crippen molar-refractivity contribution in [1.29, 1.82) is 0 Å². The second-order valence-electron chi connectivity index (χ2n) is 7.69. The third kappa shape index (κ3) is 5.86. The summed E-state index contributed by atoms with van der Waals surface area (Å²) in [6, 6.07) is 12.4. The smallest absolute Gasteiger partial charge is 0.338 e. The lowest BCUT2D eigenvalue weighted by atomic mass is 9.96. The van der Waals surface area contributed by atoms with Crippen molar-refractivity contribution in [2.24, 2.45) is 0 Å². The highest BCUT2D eigenvalue weighted by atomic mass is 32.2. The molecule has 1 aliphatic rings. The minimum atomic E-state index is -3.64. The van der Waals surface area contributed by atoms with Gasteiger partial charge in [0.15, 0.2) is 6.61 Å². The number of benzene rings is 2. The van der Waals surface area contributed by atoms with E-state index < -0.39 is 28.5 Å². The molecule has 1 aliphatic carbocycles. The Morgan fingerprint density at radius 3 is 2.41 bits per heavy atom. The molecular formula is C23H28N2O6S. The van der Waals surface area contributed by atoms with Gasteiger partial charge in [-0.2, -0.15) is 4.31 Å². The number of anilines is 1. The van der Waals surface area contributed by atoms with Gasteiger partial charge < -0.3 is 14.8 Å². The number of carbonyl (C=O) groups excluding carboxylic acids is 2. The van der Waals surface area contributed by atoms with Crippen LogP contribution in [0.2, 0.25) is 0 Å². The summed E-state index contributed by atoms with van der Waals surface area (Å²) in [5, 5.41) is 2.62. The molecule has 9 heteroatoms. The topological polar surface area (TPSA) is 102 Å². The molecule has 0 bridgehead atoms. The molecule has 0 aliphatic heterocycles. The number of rotatable bonds is 8. The maximum absolute atomic E-state index is 12.9. The fraction of sp³-hybridized carbons (Fsp3) is 0.391. The molecule has 0 saturated heterocycles. The lowest BCUT2D eigenvalue weighted by molar-refractivity contribution is -0.119. The van der Waals surface area contributed by atoms with Crippen molar-refractivity contribution < 1.29 is 27.5 Å². The Morgan fingerprint density at radius 2 is 1.75 bits per heavy atom. The summed E-state index contributed by atoms with van der Waals surface area (Å²) in [5.74, 6) is -0.626. The van der Waals surface area contributed by atoms with Crippen LogP contribution in [0.25, 0.3) is 0 Å². The predicted molar refractivity (Wildman–Crippen MR) is 120 cm³/mol. The van der Waals surface area contributed by atoms with E-state index in [2.05, 4.69) is 5.32 Å². The molecule has 172 valence electrons. The fourth-order valence-electron chi connectivity index (χ4n) is 3.68. The van der Waals surface area contributed by atoms with Crippen LogP contribution in [-0.2, 0) is 19.6 Å². The molecule has 32 heavy (non-hydrogen) atoms. The van der Waals surface area contributed by atoms with E-state index in [1.807, 2.05) is 0 Å². The minimum absolute atomic E-state index is 0.00138. The first-order valence-electron chi connectivity index (χ1n) is 10.5. The Morgan fingerprint density at radius 1 is 1.06 bits per heavy atom. The Labute approximate surface area is 188 Å². The largest absolute Gasteiger partial charge is 0.497 e. The van der Waals surface area contributed by atoms with Crippen molar-refractivity contribution in [2.75, 3.05) is 26.1 Å². The van der Waals surface area contributed by atoms with Crippen molar-refractivity contribution in [3.63, 3.8) is 0 Å². The normalized spacial score (nSPS) is 14.7. The summed E-state index contributed by atoms with van der Waals surface area (Å²) in [7, 11) is -0.514. The lowest BCUT2D eigenvalue weighted by Gasteiger charge is -2.30. The van der Waals surface area contributed by atoms with Gasteiger partial charge in [-0.3, -0.25) is 4.79 Å². The molecule has 0 atom stereocenters. The molecule has 0 radical (unpaired) electrons. The van der Waals surface area contributed by atoms with Gasteiger partial charge in [-0.25, -0.2) is 13.2 Å². The van der Waals surface area contributed by atoms with E-state index in [0.29, 0.717) is 11.4 Å². The van der Waals surface area contributed by atoms with Crippen molar-refractivity contribution in [2.45, 2.75) is 43.0 Å². The Kier molecular flexibility index (Phi) is 7.87. The number of ether oxygens (including phenoxy) is 2. The van der Waals surface area contributed by atoms with Gasteiger partial charge in [-0.05, 0) is 49.2 Å². The van der Waals surface area contributed by atoms with E-state index in [1.165, 1.54) is 35.7 Å². The molecule has 0 unspecified atom stereocenters. The number of hydrogen-bond acceptors (Lipinski definition) is 6. The van der Waals surface area contributed by atoms with Crippen LogP contribution in [0.5, 0.6) is 5.75 Å². The summed E-state index contributed by atoms with van der Waals surface area (Å²) in [6.45, 7) is -0.472. The van der Waals surface area contributed by atoms with Crippen LogP contribution in [0.15, 0.2) is 53.4 Å². The van der Waals surface area contributed by atoms with Gasteiger partial charge in [0, 0.05) is 24.8 Å². The first kappa shape index (κ1) is 23.7. The second-order valence-corrected chi connectivity index (χ2v) is 9.69. The standard InChI is InChI=1S/C23H28N2O6S/c1-25(19-8-4-3-5-9-19)32(28,29)21-13-11-17(12-14-21)23(27)31-16-22(26)24-18-7-6-10-20(15-18)30-2/h6-7,10-15,19H,3-5,8-9,16H2,1-2H3,(H,24,26). The number of nitrogens with one attached hydrogen (secondary N) is 1. The van der Waals surface area contributed by atoms with Crippen LogP contribution in [-0.4, -0.2) is 51.4 Å². The van der Waals surface area contributed by atoms with Crippen LogP contribution >= 0.6 is 0 Å². The van der Waals surface area contributed by atoms with Gasteiger partial charge in [0.1, 0.15) is 5.75 Å². The van der Waals surface area contributed by atoms with Crippen LogP contribution in [0.4, 0.5) is 5.69 Å². The number of hydrogen-bond donors (Lipinski definition) is 1. The van der Waals surface area contributed by atoms with Gasteiger partial charge in [0.05, 0.1) is 17.6 Å². The van der Waals surface area contributed by atoms with E-state index in [9.17, 15) is 18.0 Å². The van der Waals surface area contributed by atoms with Crippen LogP contribution in [0.3, 0.4) is 0 Å². The highest BCUT2D eigenvalue weighted by Gasteiger charge is 2.29. The summed E-state index contributed by atoms with van der Waals surface area (Å²) in [5.41, 5.74) is 0.681. The summed E-state index contributed by atoms with van der Waals surface area (Å²) >= 11 is 0. The third-order valence-corrected chi connectivity index (χ3v) is 7.47. The summed E-state index contributed by atoms with van der Waals surface area (Å²) in [4.78, 5) is 24.4. The molecule has 1 saturated carbocycles. The van der Waals surface area contributed by atoms with E-state index in [0.717, 1.165) is 32.1 Å². The Balaban J connectivity index is 1.56. The molecule has 0 aromatic heterocycles. The summed E-state index contributed by atoms with van der Waals surface area (Å²) in [6.07, 6.45) is 4.91. The maximum atomic E-state index is 12.9. The zero-order valence-corrected chi connectivity index (χ0v) is 19.1. The molecule has 1 amide bonds. The number of nitrogens with zero attached hydrogens (tertiary/aromatic N) is 1. The average molecular weight is 461 g/mol. The third-order valence-electron chi connectivity index (χ3n) is 5.54. The molecule has 1 fully saturated rings. The molecule has 2 aromatic rings. The molecule has 1 N–H and O–H groups in total. The quantitative estimate of drug-likeness (QED) is 0.606. The molecular weight excluding hydrogens is 432 g/mol. The van der Waals surface area contributed by atoms with Crippen LogP contribution in [0.1, 0.15) is 42.5 Å². The lowest BCUT2D eigenvalue weighted by Crippen LogP contribution is -2.38. The molecule has 0 spiro atoms. The molecule has 8 nitrogen and oxygen atoms in total. The molecule has 3 rings (SSSR count). The van der Waals surface area contributed by atoms with Gasteiger partial charge in [-0.1, -0.05) is 25.3 Å². The van der Waals surface area contributed by atoms with Gasteiger partial charge in [0.25, 0.3) is 5.91 Å². The maximum Gasteiger partial charge on any atom is 0.338 e. The minimum Gasteiger partial charge on any atom is -0.497 e.